The Morgan fingerprint density at radius 3 is 2.57 bits per heavy atom. The second-order valence-electron chi connectivity index (χ2n) is 4.05. The van der Waals surface area contributed by atoms with Gasteiger partial charge in [0.1, 0.15) is 5.75 Å². The van der Waals surface area contributed by atoms with E-state index in [4.69, 9.17) is 4.74 Å². The zero-order valence-electron chi connectivity index (χ0n) is 11.2. The molecule has 110 valence electrons. The molecule has 0 atom stereocenters. The summed E-state index contributed by atoms with van der Waals surface area (Å²) in [5.41, 5.74) is 0.699. The van der Waals surface area contributed by atoms with Crippen LogP contribution in [0, 0.1) is 0 Å². The second-order valence-corrected chi connectivity index (χ2v) is 6.57. The summed E-state index contributed by atoms with van der Waals surface area (Å²) in [6.07, 6.45) is 1.41. The van der Waals surface area contributed by atoms with Gasteiger partial charge in [-0.3, -0.25) is 0 Å². The molecule has 0 bridgehead atoms. The van der Waals surface area contributed by atoms with Crippen LogP contribution >= 0.6 is 15.9 Å². The molecule has 2 aromatic carbocycles. The van der Waals surface area contributed by atoms with E-state index >= 15 is 0 Å². The van der Waals surface area contributed by atoms with E-state index in [0.717, 1.165) is 4.47 Å². The third-order valence-electron chi connectivity index (χ3n) is 2.63. The Labute approximate surface area is 131 Å². The van der Waals surface area contributed by atoms with E-state index in [9.17, 15) is 8.42 Å². The lowest BCUT2D eigenvalue weighted by molar-refractivity contribution is 0.414. The maximum Gasteiger partial charge on any atom is 0.276 e. The fourth-order valence-corrected chi connectivity index (χ4v) is 2.73. The number of methoxy groups -OCH3 is 1. The van der Waals surface area contributed by atoms with Gasteiger partial charge in [-0.2, -0.15) is 13.5 Å². The number of nitrogens with one attached hydrogen (secondary N) is 1. The van der Waals surface area contributed by atoms with Crippen molar-refractivity contribution in [1.82, 2.24) is 4.83 Å². The Hall–Kier alpha value is -1.86. The monoisotopic (exact) mass is 368 g/mol. The smallest absolute Gasteiger partial charge is 0.276 e. The minimum Gasteiger partial charge on any atom is -0.497 e. The van der Waals surface area contributed by atoms with Crippen molar-refractivity contribution >= 4 is 32.2 Å². The fourth-order valence-electron chi connectivity index (χ4n) is 1.57. The highest BCUT2D eigenvalue weighted by atomic mass is 79.9. The van der Waals surface area contributed by atoms with Crippen LogP contribution in [0.1, 0.15) is 5.56 Å². The maximum absolute atomic E-state index is 12.0. The molecule has 2 rings (SSSR count). The van der Waals surface area contributed by atoms with Crippen molar-refractivity contribution < 1.29 is 13.2 Å². The molecule has 0 amide bonds. The van der Waals surface area contributed by atoms with E-state index in [2.05, 4.69) is 25.9 Å². The van der Waals surface area contributed by atoms with Crippen LogP contribution in [0.5, 0.6) is 5.75 Å². The molecule has 5 nitrogen and oxygen atoms in total. The first-order valence-electron chi connectivity index (χ1n) is 5.96. The SMILES string of the molecule is COc1ccc(Br)c(/C=N/NS(=O)(=O)c2ccccc2)c1. The van der Waals surface area contributed by atoms with Gasteiger partial charge in [-0.05, 0) is 30.3 Å². The van der Waals surface area contributed by atoms with Gasteiger partial charge in [0.25, 0.3) is 10.0 Å². The van der Waals surface area contributed by atoms with Crippen LogP contribution in [0.15, 0.2) is 63.0 Å². The molecule has 0 radical (unpaired) electrons. The Morgan fingerprint density at radius 1 is 1.19 bits per heavy atom. The molecule has 0 fully saturated rings. The molecular formula is C14H13BrN2O3S. The van der Waals surface area contributed by atoms with Gasteiger partial charge < -0.3 is 4.74 Å². The Morgan fingerprint density at radius 2 is 1.90 bits per heavy atom. The summed E-state index contributed by atoms with van der Waals surface area (Å²) in [5, 5.41) is 3.78. The first-order chi connectivity index (χ1) is 10.0. The Kier molecular flexibility index (Phi) is 4.98. The summed E-state index contributed by atoms with van der Waals surface area (Å²) >= 11 is 3.36. The molecule has 21 heavy (non-hydrogen) atoms. The number of rotatable bonds is 5. The molecule has 0 aliphatic rings. The predicted molar refractivity (Wildman–Crippen MR) is 85.1 cm³/mol. The van der Waals surface area contributed by atoms with Gasteiger partial charge in [-0.15, -0.1) is 0 Å². The highest BCUT2D eigenvalue weighted by molar-refractivity contribution is 9.10. The van der Waals surface area contributed by atoms with Crippen LogP contribution in [0.2, 0.25) is 0 Å². The number of benzene rings is 2. The molecule has 0 saturated carbocycles. The van der Waals surface area contributed by atoms with Crippen molar-refractivity contribution in [3.8, 4) is 5.75 Å². The van der Waals surface area contributed by atoms with Gasteiger partial charge >= 0.3 is 0 Å². The summed E-state index contributed by atoms with van der Waals surface area (Å²) in [6.45, 7) is 0. The topological polar surface area (TPSA) is 67.8 Å². The zero-order chi connectivity index (χ0) is 15.3. The number of hydrogen-bond acceptors (Lipinski definition) is 4. The van der Waals surface area contributed by atoms with Crippen molar-refractivity contribution in [1.29, 1.82) is 0 Å². The highest BCUT2D eigenvalue weighted by Gasteiger charge is 2.11. The zero-order valence-corrected chi connectivity index (χ0v) is 13.6. The molecule has 2 aromatic rings. The van der Waals surface area contributed by atoms with Crippen LogP contribution in [0.25, 0.3) is 0 Å². The number of sulfonamides is 1. The van der Waals surface area contributed by atoms with Crippen molar-refractivity contribution in [2.75, 3.05) is 7.11 Å². The summed E-state index contributed by atoms with van der Waals surface area (Å²) in [4.78, 5) is 2.33. The van der Waals surface area contributed by atoms with Crippen molar-refractivity contribution in [3.63, 3.8) is 0 Å². The quantitative estimate of drug-likeness (QED) is 0.651. The number of nitrogens with zero attached hydrogens (tertiary/aromatic N) is 1. The highest BCUT2D eigenvalue weighted by Crippen LogP contribution is 2.20. The largest absolute Gasteiger partial charge is 0.497 e. The number of hydrazone groups is 1. The van der Waals surface area contributed by atoms with Gasteiger partial charge in [0.15, 0.2) is 0 Å². The Bertz CT molecular complexity index is 746. The average Bonchev–Trinajstić information content (AvgIpc) is 2.50. The Balaban J connectivity index is 2.16. The van der Waals surface area contributed by atoms with Crippen molar-refractivity contribution in [3.05, 3.63) is 58.6 Å². The first-order valence-corrected chi connectivity index (χ1v) is 8.24. The fraction of sp³-hybridized carbons (Fsp3) is 0.0714. The third kappa shape index (κ3) is 4.05. The van der Waals surface area contributed by atoms with Gasteiger partial charge in [-0.25, -0.2) is 4.83 Å². The minimum absolute atomic E-state index is 0.159. The molecule has 0 aromatic heterocycles. The molecule has 0 aliphatic carbocycles. The summed E-state index contributed by atoms with van der Waals surface area (Å²) in [6, 6.07) is 13.4. The van der Waals surface area contributed by atoms with E-state index in [-0.39, 0.29) is 4.90 Å². The van der Waals surface area contributed by atoms with Crippen LogP contribution in [-0.2, 0) is 10.0 Å². The van der Waals surface area contributed by atoms with E-state index < -0.39 is 10.0 Å². The normalized spacial score (nSPS) is 11.5. The average molecular weight is 369 g/mol. The van der Waals surface area contributed by atoms with Crippen molar-refractivity contribution in [2.45, 2.75) is 4.90 Å². The molecule has 0 saturated heterocycles. The lowest BCUT2D eigenvalue weighted by atomic mass is 10.2. The van der Waals surface area contributed by atoms with Crippen LogP contribution < -0.4 is 9.57 Å². The van der Waals surface area contributed by atoms with E-state index in [1.807, 2.05) is 0 Å². The van der Waals surface area contributed by atoms with Crippen molar-refractivity contribution in [2.24, 2.45) is 5.10 Å². The molecule has 0 aliphatic heterocycles. The van der Waals surface area contributed by atoms with Gasteiger partial charge in [0.2, 0.25) is 0 Å². The van der Waals surface area contributed by atoms with E-state index in [1.165, 1.54) is 18.3 Å². The van der Waals surface area contributed by atoms with Crippen LogP contribution in [0.4, 0.5) is 0 Å². The van der Waals surface area contributed by atoms with Gasteiger partial charge in [0.05, 0.1) is 18.2 Å². The van der Waals surface area contributed by atoms with E-state index in [0.29, 0.717) is 11.3 Å². The van der Waals surface area contributed by atoms with Crippen LogP contribution in [-0.4, -0.2) is 21.7 Å². The van der Waals surface area contributed by atoms with Gasteiger partial charge in [0, 0.05) is 10.0 Å². The molecular weight excluding hydrogens is 356 g/mol. The molecule has 1 N–H and O–H groups in total. The van der Waals surface area contributed by atoms with Gasteiger partial charge in [-0.1, -0.05) is 34.1 Å². The standard InChI is InChI=1S/C14H13BrN2O3S/c1-20-12-7-8-14(15)11(9-12)10-16-17-21(18,19)13-5-3-2-4-6-13/h2-10,17H,1H3/b16-10+. The predicted octanol–water partition coefficient (Wildman–Crippen LogP) is 2.77. The lowest BCUT2D eigenvalue weighted by Gasteiger charge is -2.04. The lowest BCUT2D eigenvalue weighted by Crippen LogP contribution is -2.18. The second kappa shape index (κ2) is 6.73. The molecule has 0 unspecified atom stereocenters. The maximum atomic E-state index is 12.0. The summed E-state index contributed by atoms with van der Waals surface area (Å²) < 4.78 is 29.8. The minimum atomic E-state index is -3.65. The molecule has 7 heteroatoms. The first kappa shape index (κ1) is 15.5. The summed E-state index contributed by atoms with van der Waals surface area (Å²) in [5.74, 6) is 0.658. The number of ether oxygens (including phenoxy) is 1. The summed E-state index contributed by atoms with van der Waals surface area (Å²) in [7, 11) is -2.10. The molecule has 0 spiro atoms. The molecule has 0 heterocycles. The third-order valence-corrected chi connectivity index (χ3v) is 4.59. The van der Waals surface area contributed by atoms with Crippen LogP contribution in [0.3, 0.4) is 0 Å². The van der Waals surface area contributed by atoms with E-state index in [1.54, 1.807) is 43.5 Å². The number of halogens is 1. The number of hydrogen-bond donors (Lipinski definition) is 1.